The molecule has 5 nitrogen and oxygen atoms in total. The number of aliphatic hydroxyl groups is 2. The molecule has 0 aromatic carbocycles. The van der Waals surface area contributed by atoms with Gasteiger partial charge in [0.25, 0.3) is 0 Å². The molecular weight excluding hydrogens is 260 g/mol. The second-order valence-corrected chi connectivity index (χ2v) is 6.47. The van der Waals surface area contributed by atoms with E-state index in [0.717, 1.165) is 6.08 Å². The van der Waals surface area contributed by atoms with Gasteiger partial charge in [0.1, 0.15) is 11.2 Å². The average Bonchev–Trinajstić information content (AvgIpc) is 2.43. The van der Waals surface area contributed by atoms with Crippen LogP contribution < -0.4 is 0 Å². The van der Waals surface area contributed by atoms with E-state index in [1.807, 2.05) is 6.92 Å². The Hall–Kier alpha value is -1.17. The minimum atomic E-state index is -1.22. The molecule has 1 saturated heterocycles. The third kappa shape index (κ3) is 2.20. The van der Waals surface area contributed by atoms with Crippen LogP contribution in [-0.2, 0) is 9.53 Å². The second kappa shape index (κ2) is 4.69. The summed E-state index contributed by atoms with van der Waals surface area (Å²) in [5.74, 6) is -1.02. The molecule has 0 unspecified atom stereocenters. The van der Waals surface area contributed by atoms with E-state index in [9.17, 15) is 15.0 Å². The van der Waals surface area contributed by atoms with Crippen molar-refractivity contribution < 1.29 is 24.9 Å². The number of aliphatic carboxylic acids is 1. The molecule has 2 aliphatic rings. The van der Waals surface area contributed by atoms with Gasteiger partial charge in [-0.05, 0) is 31.9 Å². The zero-order valence-corrected chi connectivity index (χ0v) is 12.1. The van der Waals surface area contributed by atoms with Gasteiger partial charge in [0.15, 0.2) is 0 Å². The SMILES string of the molecule is CC(/C=C/[C@]1(O)[C@@]2(C)CO[C@]1(C)C[C@@H](O)C2)=C\C(=O)O. The maximum absolute atomic E-state index is 11.1. The molecule has 1 saturated carbocycles. The first-order valence-electron chi connectivity index (χ1n) is 6.77. The van der Waals surface area contributed by atoms with Crippen molar-refractivity contribution >= 4 is 5.97 Å². The van der Waals surface area contributed by atoms with Gasteiger partial charge in [-0.25, -0.2) is 4.79 Å². The van der Waals surface area contributed by atoms with Gasteiger partial charge in [0.05, 0.1) is 12.7 Å². The molecule has 1 heterocycles. The van der Waals surface area contributed by atoms with Crippen LogP contribution >= 0.6 is 0 Å². The summed E-state index contributed by atoms with van der Waals surface area (Å²) in [6.07, 6.45) is 4.66. The van der Waals surface area contributed by atoms with Crippen molar-refractivity contribution in [1.29, 1.82) is 0 Å². The number of carboxylic acids is 1. The number of aliphatic hydroxyl groups excluding tert-OH is 1. The fraction of sp³-hybridized carbons (Fsp3) is 0.667. The Labute approximate surface area is 118 Å². The van der Waals surface area contributed by atoms with Crippen molar-refractivity contribution in [3.63, 3.8) is 0 Å². The Morgan fingerprint density at radius 1 is 1.35 bits per heavy atom. The quantitative estimate of drug-likeness (QED) is 0.536. The minimum Gasteiger partial charge on any atom is -0.478 e. The fourth-order valence-electron chi connectivity index (χ4n) is 3.52. The van der Waals surface area contributed by atoms with Gasteiger partial charge in [-0.15, -0.1) is 0 Å². The fourth-order valence-corrected chi connectivity index (χ4v) is 3.52. The van der Waals surface area contributed by atoms with Gasteiger partial charge in [-0.1, -0.05) is 13.0 Å². The van der Waals surface area contributed by atoms with Crippen molar-refractivity contribution in [2.75, 3.05) is 6.61 Å². The van der Waals surface area contributed by atoms with E-state index in [1.54, 1.807) is 26.0 Å². The highest BCUT2D eigenvalue weighted by atomic mass is 16.5. The molecule has 0 amide bonds. The second-order valence-electron chi connectivity index (χ2n) is 6.47. The van der Waals surface area contributed by atoms with Crippen LogP contribution in [0.5, 0.6) is 0 Å². The third-order valence-electron chi connectivity index (χ3n) is 4.69. The van der Waals surface area contributed by atoms with Gasteiger partial charge < -0.3 is 20.1 Å². The molecule has 5 heteroatoms. The van der Waals surface area contributed by atoms with E-state index in [-0.39, 0.29) is 0 Å². The molecule has 2 fully saturated rings. The zero-order chi connectivity index (χ0) is 15.2. The smallest absolute Gasteiger partial charge is 0.328 e. The van der Waals surface area contributed by atoms with Gasteiger partial charge in [-0.3, -0.25) is 0 Å². The van der Waals surface area contributed by atoms with Crippen LogP contribution in [0.4, 0.5) is 0 Å². The van der Waals surface area contributed by atoms with Crippen molar-refractivity contribution in [2.45, 2.75) is 50.9 Å². The summed E-state index contributed by atoms with van der Waals surface area (Å²) in [5.41, 5.74) is -2.09. The number of carbonyl (C=O) groups is 1. The highest BCUT2D eigenvalue weighted by molar-refractivity contribution is 5.81. The summed E-state index contributed by atoms with van der Waals surface area (Å²) in [6.45, 7) is 5.73. The molecule has 0 spiro atoms. The van der Waals surface area contributed by atoms with Gasteiger partial charge >= 0.3 is 5.97 Å². The van der Waals surface area contributed by atoms with Crippen LogP contribution in [0.25, 0.3) is 0 Å². The summed E-state index contributed by atoms with van der Waals surface area (Å²) in [4.78, 5) is 10.6. The molecule has 1 aliphatic carbocycles. The lowest BCUT2D eigenvalue weighted by Crippen LogP contribution is -2.60. The van der Waals surface area contributed by atoms with Crippen LogP contribution in [0.2, 0.25) is 0 Å². The van der Waals surface area contributed by atoms with Gasteiger partial charge in [0, 0.05) is 17.9 Å². The maximum atomic E-state index is 11.1. The highest BCUT2D eigenvalue weighted by Gasteiger charge is 2.67. The molecule has 4 atom stereocenters. The Morgan fingerprint density at radius 2 is 2.00 bits per heavy atom. The molecule has 112 valence electrons. The zero-order valence-electron chi connectivity index (χ0n) is 12.1. The van der Waals surface area contributed by atoms with E-state index in [0.29, 0.717) is 25.0 Å². The highest BCUT2D eigenvalue weighted by Crippen LogP contribution is 2.57. The van der Waals surface area contributed by atoms with Crippen molar-refractivity contribution in [1.82, 2.24) is 0 Å². The lowest BCUT2D eigenvalue weighted by atomic mass is 9.59. The first kappa shape index (κ1) is 15.2. The van der Waals surface area contributed by atoms with Crippen LogP contribution in [0.3, 0.4) is 0 Å². The molecule has 0 aromatic heterocycles. The van der Waals surface area contributed by atoms with Crippen LogP contribution in [0.15, 0.2) is 23.8 Å². The molecule has 20 heavy (non-hydrogen) atoms. The van der Waals surface area contributed by atoms with E-state index >= 15 is 0 Å². The molecule has 1 aliphatic heterocycles. The molecular formula is C15H22O5. The number of ether oxygens (including phenoxy) is 1. The monoisotopic (exact) mass is 282 g/mol. The number of fused-ring (bicyclic) bond motifs is 2. The van der Waals surface area contributed by atoms with Crippen LogP contribution in [0, 0.1) is 5.41 Å². The van der Waals surface area contributed by atoms with Gasteiger partial charge in [-0.2, -0.15) is 0 Å². The maximum Gasteiger partial charge on any atom is 0.328 e. The van der Waals surface area contributed by atoms with E-state index in [1.165, 1.54) is 0 Å². The van der Waals surface area contributed by atoms with E-state index in [2.05, 4.69) is 0 Å². The Bertz CT molecular complexity index is 461. The molecule has 0 radical (unpaired) electrons. The van der Waals surface area contributed by atoms with Crippen molar-refractivity contribution in [2.24, 2.45) is 5.41 Å². The summed E-state index contributed by atoms with van der Waals surface area (Å²) >= 11 is 0. The number of allylic oxidation sites excluding steroid dienone is 2. The lowest BCUT2D eigenvalue weighted by molar-refractivity contribution is -0.150. The molecule has 2 bridgehead atoms. The predicted molar refractivity (Wildman–Crippen MR) is 73.2 cm³/mol. The average molecular weight is 282 g/mol. The third-order valence-corrected chi connectivity index (χ3v) is 4.69. The van der Waals surface area contributed by atoms with E-state index < -0.39 is 28.7 Å². The lowest BCUT2D eigenvalue weighted by Gasteiger charge is -2.49. The van der Waals surface area contributed by atoms with Crippen molar-refractivity contribution in [3.05, 3.63) is 23.8 Å². The Morgan fingerprint density at radius 3 is 2.55 bits per heavy atom. The number of carboxylic acid groups (broad SMARTS) is 1. The molecule has 3 N–H and O–H groups in total. The first-order chi connectivity index (χ1) is 9.12. The Balaban J connectivity index is 2.34. The standard InChI is InChI=1S/C15H22O5/c1-10(6-12(17)18)4-5-15(19)13(2)7-11(16)8-14(15,3)20-9-13/h4-6,11,16,19H,7-9H2,1-3H3,(H,17,18)/b5-4+,10-6+/t11-,13+,14+,15-/m0/s1. The molecule has 0 aromatic rings. The van der Waals surface area contributed by atoms with Crippen molar-refractivity contribution in [3.8, 4) is 0 Å². The summed E-state index contributed by atoms with van der Waals surface area (Å²) in [7, 11) is 0. The number of rotatable bonds is 3. The minimum absolute atomic E-state index is 0.366. The molecule has 2 rings (SSSR count). The predicted octanol–water partition coefficient (Wildman–Crippen LogP) is 1.25. The van der Waals surface area contributed by atoms with Gasteiger partial charge in [0.2, 0.25) is 0 Å². The normalized spacial score (nSPS) is 45.0. The van der Waals surface area contributed by atoms with Crippen LogP contribution in [-0.4, -0.2) is 45.2 Å². The van der Waals surface area contributed by atoms with E-state index in [4.69, 9.17) is 9.84 Å². The summed E-state index contributed by atoms with van der Waals surface area (Å²) < 4.78 is 5.77. The number of hydrogen-bond donors (Lipinski definition) is 3. The van der Waals surface area contributed by atoms with Crippen LogP contribution in [0.1, 0.15) is 33.6 Å². The largest absolute Gasteiger partial charge is 0.478 e. The first-order valence-corrected chi connectivity index (χ1v) is 6.77. The topological polar surface area (TPSA) is 87.0 Å². The summed E-state index contributed by atoms with van der Waals surface area (Å²) in [6, 6.07) is 0. The summed E-state index contributed by atoms with van der Waals surface area (Å²) in [5, 5.41) is 29.7. The Kier molecular flexibility index (Phi) is 3.57. The number of hydrogen-bond acceptors (Lipinski definition) is 4.